The zero-order valence-electron chi connectivity index (χ0n) is 10.4. The van der Waals surface area contributed by atoms with Crippen molar-refractivity contribution < 1.29 is 9.53 Å². The molecule has 94 valence electrons. The molecule has 0 spiro atoms. The van der Waals surface area contributed by atoms with Gasteiger partial charge in [-0.3, -0.25) is 0 Å². The highest BCUT2D eigenvalue weighted by molar-refractivity contribution is 9.09. The number of hydrogen-bond donors (Lipinski definition) is 1. The van der Waals surface area contributed by atoms with E-state index < -0.39 is 8.32 Å². The molecule has 0 fully saturated rings. The van der Waals surface area contributed by atoms with Crippen LogP contribution in [0.1, 0.15) is 20.8 Å². The number of hydrogen-bond acceptors (Lipinski definition) is 2. The lowest BCUT2D eigenvalue weighted by Crippen LogP contribution is -2.41. The molecule has 0 saturated carbocycles. The van der Waals surface area contributed by atoms with Crippen molar-refractivity contribution in [2.75, 3.05) is 24.4 Å². The van der Waals surface area contributed by atoms with E-state index in [0.29, 0.717) is 10.9 Å². The lowest BCUT2D eigenvalue weighted by atomic mass is 10.2. The van der Waals surface area contributed by atoms with Gasteiger partial charge in [0.25, 0.3) is 0 Å². The summed E-state index contributed by atoms with van der Waals surface area (Å²) in [6.45, 7) is 12.2. The van der Waals surface area contributed by atoms with Crippen molar-refractivity contribution in [3.8, 4) is 0 Å². The van der Waals surface area contributed by atoms with Gasteiger partial charge < -0.3 is 9.53 Å². The Balaban J connectivity index is 0. The van der Waals surface area contributed by atoms with Gasteiger partial charge in [0.1, 0.15) is 0 Å². The Morgan fingerprint density at radius 1 is 1.33 bits per heavy atom. The van der Waals surface area contributed by atoms with E-state index in [-0.39, 0.29) is 6.61 Å². The first kappa shape index (κ1) is 18.3. The molecule has 0 heterocycles. The molecule has 0 aromatic carbocycles. The van der Waals surface area contributed by atoms with Gasteiger partial charge in [0.05, 0.1) is 6.61 Å². The van der Waals surface area contributed by atoms with Gasteiger partial charge >= 0.3 is 0 Å². The average molecular weight is 320 g/mol. The minimum absolute atomic E-state index is 0.0849. The molecule has 0 atom stereocenters. The standard InChI is InChI=1S/C8H19BrOSi.C2H5ClO/c1-8(2,3)11(4,5)10-7-6-9;3-1-2-4/h6-7H2,1-5H3;4H,1-2H2. The maximum Gasteiger partial charge on any atom is 0.192 e. The number of rotatable bonds is 4. The smallest absolute Gasteiger partial charge is 0.192 e. The first-order valence-corrected chi connectivity index (χ1v) is 9.66. The Kier molecular flexibility index (Phi) is 11.0. The van der Waals surface area contributed by atoms with Crippen LogP contribution in [0.25, 0.3) is 0 Å². The van der Waals surface area contributed by atoms with Crippen LogP contribution in [-0.2, 0) is 4.43 Å². The second-order valence-electron chi connectivity index (χ2n) is 4.71. The van der Waals surface area contributed by atoms with Crippen molar-refractivity contribution in [1.29, 1.82) is 0 Å². The Hall–Kier alpha value is 0.907. The fourth-order valence-corrected chi connectivity index (χ4v) is 2.02. The van der Waals surface area contributed by atoms with Crippen molar-refractivity contribution in [1.82, 2.24) is 0 Å². The van der Waals surface area contributed by atoms with E-state index in [4.69, 9.17) is 21.1 Å². The van der Waals surface area contributed by atoms with Crippen LogP contribution < -0.4 is 0 Å². The lowest BCUT2D eigenvalue weighted by Gasteiger charge is -2.35. The summed E-state index contributed by atoms with van der Waals surface area (Å²) in [5.41, 5.74) is 0. The summed E-state index contributed by atoms with van der Waals surface area (Å²) in [7, 11) is -1.46. The number of aliphatic hydroxyl groups excluding tert-OH is 1. The SMILES string of the molecule is CC(C)(C)[Si](C)(C)OCCBr.OCCCl. The van der Waals surface area contributed by atoms with Crippen LogP contribution in [0.15, 0.2) is 0 Å². The van der Waals surface area contributed by atoms with Gasteiger partial charge in [0, 0.05) is 17.8 Å². The molecule has 0 aliphatic rings. The van der Waals surface area contributed by atoms with E-state index >= 15 is 0 Å². The van der Waals surface area contributed by atoms with Crippen molar-refractivity contribution >= 4 is 35.8 Å². The summed E-state index contributed by atoms with van der Waals surface area (Å²) < 4.78 is 5.84. The molecule has 2 nitrogen and oxygen atoms in total. The summed E-state index contributed by atoms with van der Waals surface area (Å²) in [4.78, 5) is 0. The molecule has 5 heteroatoms. The van der Waals surface area contributed by atoms with E-state index in [2.05, 4.69) is 49.8 Å². The zero-order valence-corrected chi connectivity index (χ0v) is 13.8. The molecule has 15 heavy (non-hydrogen) atoms. The highest BCUT2D eigenvalue weighted by atomic mass is 79.9. The first-order valence-electron chi connectivity index (χ1n) is 5.09. The van der Waals surface area contributed by atoms with Crippen LogP contribution in [-0.4, -0.2) is 37.8 Å². The monoisotopic (exact) mass is 318 g/mol. The Morgan fingerprint density at radius 3 is 1.93 bits per heavy atom. The zero-order chi connectivity index (χ0) is 12.5. The first-order chi connectivity index (χ1) is 6.72. The van der Waals surface area contributed by atoms with Gasteiger partial charge in [-0.15, -0.1) is 11.6 Å². The van der Waals surface area contributed by atoms with E-state index in [1.165, 1.54) is 0 Å². The van der Waals surface area contributed by atoms with Crippen LogP contribution in [0, 0.1) is 0 Å². The van der Waals surface area contributed by atoms with Crippen molar-refractivity contribution in [3.05, 3.63) is 0 Å². The molecule has 0 radical (unpaired) electrons. The molecular weight excluding hydrogens is 296 g/mol. The molecule has 0 amide bonds. The third kappa shape index (κ3) is 9.81. The fraction of sp³-hybridized carbons (Fsp3) is 1.00. The predicted octanol–water partition coefficient (Wildman–Crippen LogP) is 3.62. The summed E-state index contributed by atoms with van der Waals surface area (Å²) in [6, 6.07) is 0. The normalized spacial score (nSPS) is 12.0. The third-order valence-corrected chi connectivity index (χ3v) is 7.46. The molecule has 0 aliphatic carbocycles. The molecule has 0 rings (SSSR count). The lowest BCUT2D eigenvalue weighted by molar-refractivity contribution is 0.312. The van der Waals surface area contributed by atoms with Gasteiger partial charge in [0.15, 0.2) is 8.32 Å². The Bertz CT molecular complexity index is 147. The molecule has 0 saturated heterocycles. The number of halogens is 2. The summed E-state index contributed by atoms with van der Waals surface area (Å²) >= 11 is 8.30. The Morgan fingerprint density at radius 2 is 1.73 bits per heavy atom. The molecule has 0 aromatic rings. The molecule has 0 aromatic heterocycles. The quantitative estimate of drug-likeness (QED) is 0.633. The maximum atomic E-state index is 7.74. The van der Waals surface area contributed by atoms with Crippen molar-refractivity contribution in [2.45, 2.75) is 38.9 Å². The van der Waals surface area contributed by atoms with Gasteiger partial charge in [-0.1, -0.05) is 36.7 Å². The van der Waals surface area contributed by atoms with Gasteiger partial charge in [-0.25, -0.2) is 0 Å². The highest BCUT2D eigenvalue weighted by Gasteiger charge is 2.36. The third-order valence-electron chi connectivity index (χ3n) is 2.43. The van der Waals surface area contributed by atoms with Crippen LogP contribution in [0.3, 0.4) is 0 Å². The number of alkyl halides is 2. The minimum Gasteiger partial charge on any atom is -0.416 e. The van der Waals surface area contributed by atoms with Crippen molar-refractivity contribution in [3.63, 3.8) is 0 Å². The van der Waals surface area contributed by atoms with E-state index in [0.717, 1.165) is 11.9 Å². The molecule has 0 bridgehead atoms. The van der Waals surface area contributed by atoms with Crippen LogP contribution in [0.5, 0.6) is 0 Å². The van der Waals surface area contributed by atoms with Gasteiger partial charge in [0.2, 0.25) is 0 Å². The average Bonchev–Trinajstić information content (AvgIpc) is 2.13. The Labute approximate surface area is 109 Å². The highest BCUT2D eigenvalue weighted by Crippen LogP contribution is 2.36. The van der Waals surface area contributed by atoms with Gasteiger partial charge in [-0.05, 0) is 18.1 Å². The number of aliphatic hydroxyl groups is 1. The fourth-order valence-electron chi connectivity index (χ4n) is 0.510. The topological polar surface area (TPSA) is 29.5 Å². The molecule has 0 aliphatic heterocycles. The summed E-state index contributed by atoms with van der Waals surface area (Å²) in [6.07, 6.45) is 0. The van der Waals surface area contributed by atoms with Crippen LogP contribution in [0.2, 0.25) is 18.1 Å². The van der Waals surface area contributed by atoms with Crippen LogP contribution in [0.4, 0.5) is 0 Å². The van der Waals surface area contributed by atoms with E-state index in [1.54, 1.807) is 0 Å². The van der Waals surface area contributed by atoms with E-state index in [1.807, 2.05) is 0 Å². The van der Waals surface area contributed by atoms with Crippen molar-refractivity contribution in [2.24, 2.45) is 0 Å². The van der Waals surface area contributed by atoms with E-state index in [9.17, 15) is 0 Å². The van der Waals surface area contributed by atoms with Crippen LogP contribution >= 0.6 is 27.5 Å². The largest absolute Gasteiger partial charge is 0.416 e. The van der Waals surface area contributed by atoms with Gasteiger partial charge in [-0.2, -0.15) is 0 Å². The summed E-state index contributed by atoms with van der Waals surface area (Å²) in [5, 5.41) is 9.03. The molecular formula is C10H24BrClO2Si. The minimum atomic E-state index is -1.46. The second-order valence-corrected chi connectivity index (χ2v) is 10.7. The molecule has 1 N–H and O–H groups in total. The summed E-state index contributed by atoms with van der Waals surface area (Å²) in [5.74, 6) is 0.347. The molecule has 0 unspecified atom stereocenters. The predicted molar refractivity (Wildman–Crippen MR) is 74.7 cm³/mol. The maximum absolute atomic E-state index is 7.74. The second kappa shape index (κ2) is 8.99.